The SMILES string of the molecule is CC(CN)C(=O)OCCC#N. The Balaban J connectivity index is 3.46. The third-order valence-corrected chi connectivity index (χ3v) is 1.21. The summed E-state index contributed by atoms with van der Waals surface area (Å²) in [6.07, 6.45) is 0.239. The Kier molecular flexibility index (Phi) is 5.13. The van der Waals surface area contributed by atoms with Crippen LogP contribution in [0.3, 0.4) is 0 Å². The molecule has 0 aromatic carbocycles. The van der Waals surface area contributed by atoms with E-state index in [0.29, 0.717) is 0 Å². The highest BCUT2D eigenvalue weighted by Gasteiger charge is 2.10. The quantitative estimate of drug-likeness (QED) is 0.460. The van der Waals surface area contributed by atoms with Crippen molar-refractivity contribution in [2.45, 2.75) is 13.3 Å². The summed E-state index contributed by atoms with van der Waals surface area (Å²) in [6, 6.07) is 1.87. The second-order valence-corrected chi connectivity index (χ2v) is 2.21. The average molecular weight is 156 g/mol. The van der Waals surface area contributed by atoms with Crippen LogP contribution in [-0.4, -0.2) is 19.1 Å². The van der Waals surface area contributed by atoms with Gasteiger partial charge < -0.3 is 10.5 Å². The fourth-order valence-corrected chi connectivity index (χ4v) is 0.436. The van der Waals surface area contributed by atoms with E-state index >= 15 is 0 Å². The summed E-state index contributed by atoms with van der Waals surface area (Å²) in [4.78, 5) is 10.8. The van der Waals surface area contributed by atoms with Crippen LogP contribution in [0.2, 0.25) is 0 Å². The molecule has 0 bridgehead atoms. The number of esters is 1. The molecule has 0 amide bonds. The molecule has 0 rings (SSSR count). The predicted octanol–water partition coefficient (Wildman–Crippen LogP) is 0.0381. The molecule has 1 unspecified atom stereocenters. The highest BCUT2D eigenvalue weighted by Crippen LogP contribution is 1.95. The number of carbonyl (C=O) groups is 1. The molecule has 0 fully saturated rings. The van der Waals surface area contributed by atoms with Crippen LogP contribution in [0.15, 0.2) is 0 Å². The standard InChI is InChI=1S/C7H12N2O2/c1-6(5-9)7(10)11-4-2-3-8/h6H,2,4-5,9H2,1H3. The van der Waals surface area contributed by atoms with Crippen LogP contribution < -0.4 is 5.73 Å². The summed E-state index contributed by atoms with van der Waals surface area (Å²) in [5.74, 6) is -0.601. The van der Waals surface area contributed by atoms with Gasteiger partial charge in [-0.3, -0.25) is 4.79 Å². The number of carbonyl (C=O) groups excluding carboxylic acids is 1. The molecule has 2 N–H and O–H groups in total. The number of nitriles is 1. The van der Waals surface area contributed by atoms with Crippen LogP contribution in [0.5, 0.6) is 0 Å². The van der Waals surface area contributed by atoms with Crippen LogP contribution in [0, 0.1) is 17.2 Å². The summed E-state index contributed by atoms with van der Waals surface area (Å²) in [7, 11) is 0. The lowest BCUT2D eigenvalue weighted by atomic mass is 10.2. The smallest absolute Gasteiger partial charge is 0.309 e. The Labute approximate surface area is 65.9 Å². The first kappa shape index (κ1) is 9.92. The van der Waals surface area contributed by atoms with Crippen molar-refractivity contribution in [3.63, 3.8) is 0 Å². The van der Waals surface area contributed by atoms with Crippen molar-refractivity contribution < 1.29 is 9.53 Å². The first-order valence-electron chi connectivity index (χ1n) is 3.46. The number of rotatable bonds is 4. The van der Waals surface area contributed by atoms with Crippen LogP contribution in [0.25, 0.3) is 0 Å². The minimum absolute atomic E-state index is 0.166. The Bertz CT molecular complexity index is 162. The van der Waals surface area contributed by atoms with Crippen molar-refractivity contribution >= 4 is 5.97 Å². The molecule has 0 saturated carbocycles. The maximum absolute atomic E-state index is 10.8. The van der Waals surface area contributed by atoms with Gasteiger partial charge in [-0.15, -0.1) is 0 Å². The molecule has 0 aliphatic carbocycles. The van der Waals surface area contributed by atoms with E-state index in [0.717, 1.165) is 0 Å². The summed E-state index contributed by atoms with van der Waals surface area (Å²) in [5.41, 5.74) is 5.21. The fraction of sp³-hybridized carbons (Fsp3) is 0.714. The van der Waals surface area contributed by atoms with E-state index < -0.39 is 0 Å². The number of nitrogens with zero attached hydrogens (tertiary/aromatic N) is 1. The van der Waals surface area contributed by atoms with Crippen molar-refractivity contribution in [3.05, 3.63) is 0 Å². The topological polar surface area (TPSA) is 76.1 Å². The van der Waals surface area contributed by atoms with Crippen LogP contribution in [0.4, 0.5) is 0 Å². The number of hydrogen-bond donors (Lipinski definition) is 1. The molecule has 0 saturated heterocycles. The third-order valence-electron chi connectivity index (χ3n) is 1.21. The highest BCUT2D eigenvalue weighted by atomic mass is 16.5. The Morgan fingerprint density at radius 1 is 1.82 bits per heavy atom. The Morgan fingerprint density at radius 2 is 2.45 bits per heavy atom. The summed E-state index contributed by atoms with van der Waals surface area (Å²) < 4.78 is 4.69. The van der Waals surface area contributed by atoms with Crippen molar-refractivity contribution in [2.24, 2.45) is 11.7 Å². The fourth-order valence-electron chi connectivity index (χ4n) is 0.436. The van der Waals surface area contributed by atoms with E-state index in [1.165, 1.54) is 0 Å². The van der Waals surface area contributed by atoms with Gasteiger partial charge >= 0.3 is 5.97 Å². The van der Waals surface area contributed by atoms with Gasteiger partial charge in [-0.25, -0.2) is 0 Å². The monoisotopic (exact) mass is 156 g/mol. The van der Waals surface area contributed by atoms with Gasteiger partial charge in [0.2, 0.25) is 0 Å². The second-order valence-electron chi connectivity index (χ2n) is 2.21. The summed E-state index contributed by atoms with van der Waals surface area (Å²) in [5, 5.41) is 8.11. The molecule has 0 radical (unpaired) electrons. The summed E-state index contributed by atoms with van der Waals surface area (Å²) in [6.45, 7) is 2.14. The van der Waals surface area contributed by atoms with Crippen molar-refractivity contribution in [3.8, 4) is 6.07 Å². The predicted molar refractivity (Wildman–Crippen MR) is 39.4 cm³/mol. The van der Waals surface area contributed by atoms with Gasteiger partial charge in [0.05, 0.1) is 18.4 Å². The number of nitrogens with two attached hydrogens (primary N) is 1. The Hall–Kier alpha value is -1.08. The first-order valence-corrected chi connectivity index (χ1v) is 3.46. The van der Waals surface area contributed by atoms with E-state index in [-0.39, 0.29) is 31.5 Å². The Morgan fingerprint density at radius 3 is 2.91 bits per heavy atom. The lowest BCUT2D eigenvalue weighted by Gasteiger charge is -2.06. The molecule has 11 heavy (non-hydrogen) atoms. The maximum atomic E-state index is 10.8. The van der Waals surface area contributed by atoms with E-state index in [4.69, 9.17) is 15.7 Å². The van der Waals surface area contributed by atoms with E-state index in [1.807, 2.05) is 6.07 Å². The molecule has 0 aliphatic rings. The second kappa shape index (κ2) is 5.69. The summed E-state index contributed by atoms with van der Waals surface area (Å²) >= 11 is 0. The first-order chi connectivity index (χ1) is 5.22. The molecular weight excluding hydrogens is 144 g/mol. The molecule has 4 heteroatoms. The average Bonchev–Trinajstić information content (AvgIpc) is 2.03. The zero-order valence-electron chi connectivity index (χ0n) is 6.54. The number of hydrogen-bond acceptors (Lipinski definition) is 4. The van der Waals surface area contributed by atoms with Crippen LogP contribution >= 0.6 is 0 Å². The van der Waals surface area contributed by atoms with E-state index in [1.54, 1.807) is 6.92 Å². The van der Waals surface area contributed by atoms with Crippen molar-refractivity contribution in [1.29, 1.82) is 5.26 Å². The van der Waals surface area contributed by atoms with Crippen LogP contribution in [0.1, 0.15) is 13.3 Å². The molecule has 0 spiro atoms. The lowest BCUT2D eigenvalue weighted by molar-refractivity contribution is -0.147. The molecule has 1 atom stereocenters. The largest absolute Gasteiger partial charge is 0.464 e. The number of ether oxygens (including phenoxy) is 1. The normalized spacial score (nSPS) is 11.7. The minimum atomic E-state index is -0.331. The van der Waals surface area contributed by atoms with Gasteiger partial charge in [0.1, 0.15) is 6.61 Å². The van der Waals surface area contributed by atoms with Crippen molar-refractivity contribution in [1.82, 2.24) is 0 Å². The molecule has 62 valence electrons. The zero-order valence-corrected chi connectivity index (χ0v) is 6.54. The molecule has 0 aromatic rings. The lowest BCUT2D eigenvalue weighted by Crippen LogP contribution is -2.22. The van der Waals surface area contributed by atoms with Gasteiger partial charge in [0.15, 0.2) is 0 Å². The third kappa shape index (κ3) is 4.34. The van der Waals surface area contributed by atoms with Gasteiger partial charge in [-0.1, -0.05) is 6.92 Å². The molecule has 0 aromatic heterocycles. The van der Waals surface area contributed by atoms with Crippen molar-refractivity contribution in [2.75, 3.05) is 13.2 Å². The van der Waals surface area contributed by atoms with E-state index in [2.05, 4.69) is 0 Å². The molecule has 0 heterocycles. The molecule has 0 aliphatic heterocycles. The van der Waals surface area contributed by atoms with Gasteiger partial charge in [0.25, 0.3) is 0 Å². The maximum Gasteiger partial charge on any atom is 0.309 e. The van der Waals surface area contributed by atoms with Gasteiger partial charge in [0, 0.05) is 6.54 Å². The molecule has 4 nitrogen and oxygen atoms in total. The highest BCUT2D eigenvalue weighted by molar-refractivity contribution is 5.72. The van der Waals surface area contributed by atoms with Gasteiger partial charge in [-0.05, 0) is 0 Å². The molecular formula is C7H12N2O2. The zero-order chi connectivity index (χ0) is 8.69. The van der Waals surface area contributed by atoms with Gasteiger partial charge in [-0.2, -0.15) is 5.26 Å². The van der Waals surface area contributed by atoms with Crippen LogP contribution in [-0.2, 0) is 9.53 Å². The minimum Gasteiger partial charge on any atom is -0.464 e. The van der Waals surface area contributed by atoms with E-state index in [9.17, 15) is 4.79 Å².